The van der Waals surface area contributed by atoms with Crippen LogP contribution in [0.15, 0.2) is 87.2 Å². The number of aromatic hydroxyl groups is 1. The normalized spacial score (nSPS) is 11.2. The fourth-order valence-electron chi connectivity index (χ4n) is 3.00. The fourth-order valence-corrected chi connectivity index (χ4v) is 3.00. The zero-order chi connectivity index (χ0) is 22.9. The number of methoxy groups -OCH3 is 1. The Morgan fingerprint density at radius 3 is 1.66 bits per heavy atom. The molecule has 0 amide bonds. The number of benzene rings is 3. The second kappa shape index (κ2) is 10.8. The highest BCUT2D eigenvalue weighted by Gasteiger charge is 2.11. The molecule has 8 nitrogen and oxygen atoms in total. The maximum absolute atomic E-state index is 11.5. The Morgan fingerprint density at radius 2 is 1.22 bits per heavy atom. The quantitative estimate of drug-likeness (QED) is 0.311. The number of phenolic OH excluding ortho intramolecular Hbond substituents is 1. The van der Waals surface area contributed by atoms with E-state index in [2.05, 4.69) is 43.9 Å². The van der Waals surface area contributed by atoms with Crippen LogP contribution in [0.2, 0.25) is 0 Å². The summed E-state index contributed by atoms with van der Waals surface area (Å²) in [4.78, 5) is 13.8. The molecular formula is C24H25N5O3. The minimum absolute atomic E-state index is 0.0730. The Labute approximate surface area is 186 Å². The molecule has 3 aromatic carbocycles. The van der Waals surface area contributed by atoms with E-state index in [4.69, 9.17) is 0 Å². The van der Waals surface area contributed by atoms with Gasteiger partial charge in [-0.2, -0.15) is 20.5 Å². The molecule has 32 heavy (non-hydrogen) atoms. The van der Waals surface area contributed by atoms with Gasteiger partial charge >= 0.3 is 5.97 Å². The molecule has 0 fully saturated rings. The summed E-state index contributed by atoms with van der Waals surface area (Å²) in [5.41, 5.74) is 3.73. The summed E-state index contributed by atoms with van der Waals surface area (Å²) >= 11 is 0. The van der Waals surface area contributed by atoms with Crippen molar-refractivity contribution in [3.63, 3.8) is 0 Å². The van der Waals surface area contributed by atoms with Gasteiger partial charge in [-0.15, -0.1) is 0 Å². The van der Waals surface area contributed by atoms with Crippen LogP contribution < -0.4 is 4.90 Å². The van der Waals surface area contributed by atoms with Crippen LogP contribution in [0.1, 0.15) is 24.2 Å². The third-order valence-corrected chi connectivity index (χ3v) is 4.78. The lowest BCUT2D eigenvalue weighted by molar-refractivity contribution is 0.0597. The number of rotatable bonds is 8. The third-order valence-electron chi connectivity index (χ3n) is 4.78. The maximum Gasteiger partial charge on any atom is 0.341 e. The molecule has 0 aromatic heterocycles. The van der Waals surface area contributed by atoms with Crippen LogP contribution in [0.4, 0.5) is 28.4 Å². The van der Waals surface area contributed by atoms with Crippen molar-refractivity contribution in [1.82, 2.24) is 0 Å². The summed E-state index contributed by atoms with van der Waals surface area (Å²) in [6.07, 6.45) is 0. The molecular weight excluding hydrogens is 406 g/mol. The number of hydrogen-bond acceptors (Lipinski definition) is 8. The van der Waals surface area contributed by atoms with Gasteiger partial charge in [0, 0.05) is 24.8 Å². The standard InChI is InChI=1S/C24H25N5O3/c1-4-29(5-2)21-13-10-19(11-14-21)26-25-17-6-8-18(9-7-17)27-28-20-12-15-22(23(30)16-20)24(31)32-3/h6-16,30H,4-5H2,1-3H3. The average molecular weight is 431 g/mol. The maximum atomic E-state index is 11.5. The molecule has 3 rings (SSSR count). The van der Waals surface area contributed by atoms with Crippen molar-refractivity contribution in [2.75, 3.05) is 25.1 Å². The number of carbonyl (C=O) groups is 1. The Morgan fingerprint density at radius 1 is 0.781 bits per heavy atom. The van der Waals surface area contributed by atoms with Crippen LogP contribution in [-0.4, -0.2) is 31.3 Å². The molecule has 1 N–H and O–H groups in total. The molecule has 3 aromatic rings. The highest BCUT2D eigenvalue weighted by molar-refractivity contribution is 5.92. The molecule has 0 aliphatic carbocycles. The Kier molecular flexibility index (Phi) is 7.64. The van der Waals surface area contributed by atoms with Crippen molar-refractivity contribution < 1.29 is 14.6 Å². The van der Waals surface area contributed by atoms with Crippen LogP contribution >= 0.6 is 0 Å². The first-order chi connectivity index (χ1) is 15.5. The van der Waals surface area contributed by atoms with E-state index >= 15 is 0 Å². The molecule has 0 aliphatic heterocycles. The van der Waals surface area contributed by atoms with Crippen LogP contribution in [0.3, 0.4) is 0 Å². The van der Waals surface area contributed by atoms with E-state index in [1.807, 2.05) is 24.3 Å². The first kappa shape index (κ1) is 22.6. The minimum Gasteiger partial charge on any atom is -0.507 e. The van der Waals surface area contributed by atoms with E-state index in [1.54, 1.807) is 30.3 Å². The Balaban J connectivity index is 1.64. The van der Waals surface area contributed by atoms with Gasteiger partial charge in [-0.3, -0.25) is 0 Å². The van der Waals surface area contributed by atoms with Gasteiger partial charge in [-0.25, -0.2) is 4.79 Å². The minimum atomic E-state index is -0.615. The lowest BCUT2D eigenvalue weighted by Crippen LogP contribution is -2.21. The predicted molar refractivity (Wildman–Crippen MR) is 124 cm³/mol. The van der Waals surface area contributed by atoms with E-state index in [0.717, 1.165) is 24.5 Å². The highest BCUT2D eigenvalue weighted by Crippen LogP contribution is 2.27. The van der Waals surface area contributed by atoms with Crippen LogP contribution in [0, 0.1) is 0 Å². The number of ether oxygens (including phenoxy) is 1. The zero-order valence-corrected chi connectivity index (χ0v) is 18.3. The van der Waals surface area contributed by atoms with Crippen molar-refractivity contribution in [3.8, 4) is 5.75 Å². The van der Waals surface area contributed by atoms with Crippen molar-refractivity contribution in [1.29, 1.82) is 0 Å². The van der Waals surface area contributed by atoms with Gasteiger partial charge in [-0.05, 0) is 74.5 Å². The molecule has 0 heterocycles. The summed E-state index contributed by atoms with van der Waals surface area (Å²) in [7, 11) is 1.25. The second-order valence-corrected chi connectivity index (χ2v) is 6.80. The predicted octanol–water partition coefficient (Wildman–Crippen LogP) is 6.86. The molecule has 164 valence electrons. The van der Waals surface area contributed by atoms with Gasteiger partial charge in [-0.1, -0.05) is 0 Å². The summed E-state index contributed by atoms with van der Waals surface area (Å²) < 4.78 is 4.60. The molecule has 0 spiro atoms. The fraction of sp³-hybridized carbons (Fsp3) is 0.208. The van der Waals surface area contributed by atoms with Gasteiger partial charge in [0.25, 0.3) is 0 Å². The van der Waals surface area contributed by atoms with Crippen LogP contribution in [0.5, 0.6) is 5.75 Å². The summed E-state index contributed by atoms with van der Waals surface area (Å²) in [6.45, 7) is 6.18. The van der Waals surface area contributed by atoms with Crippen molar-refractivity contribution in [2.24, 2.45) is 20.5 Å². The number of carbonyl (C=O) groups excluding carboxylic acids is 1. The van der Waals surface area contributed by atoms with Crippen molar-refractivity contribution in [2.45, 2.75) is 13.8 Å². The number of anilines is 1. The molecule has 8 heteroatoms. The molecule has 0 saturated carbocycles. The molecule has 0 atom stereocenters. The highest BCUT2D eigenvalue weighted by atomic mass is 16.5. The zero-order valence-electron chi connectivity index (χ0n) is 18.3. The summed E-state index contributed by atoms with van der Waals surface area (Å²) in [5, 5.41) is 26.7. The van der Waals surface area contributed by atoms with Gasteiger partial charge in [0.1, 0.15) is 11.3 Å². The third kappa shape index (κ3) is 5.75. The second-order valence-electron chi connectivity index (χ2n) is 6.80. The lowest BCUT2D eigenvalue weighted by atomic mass is 10.2. The molecule has 0 saturated heterocycles. The van der Waals surface area contributed by atoms with E-state index in [0.29, 0.717) is 17.1 Å². The first-order valence-corrected chi connectivity index (χ1v) is 10.2. The number of azo groups is 2. The topological polar surface area (TPSA) is 99.2 Å². The van der Waals surface area contributed by atoms with Crippen LogP contribution in [0.25, 0.3) is 0 Å². The van der Waals surface area contributed by atoms with Gasteiger partial charge in [0.05, 0.1) is 29.9 Å². The average Bonchev–Trinajstić information content (AvgIpc) is 2.83. The number of hydrogen-bond donors (Lipinski definition) is 1. The van der Waals surface area contributed by atoms with E-state index in [-0.39, 0.29) is 11.3 Å². The SMILES string of the molecule is CCN(CC)c1ccc(N=Nc2ccc(N=Nc3ccc(C(=O)OC)c(O)c3)cc2)cc1. The summed E-state index contributed by atoms with van der Waals surface area (Å²) in [5.74, 6) is -0.829. The molecule has 0 aliphatic rings. The Hall–Kier alpha value is -4.07. The Bertz CT molecular complexity index is 1110. The van der Waals surface area contributed by atoms with Crippen LogP contribution in [-0.2, 0) is 4.74 Å². The smallest absolute Gasteiger partial charge is 0.341 e. The largest absolute Gasteiger partial charge is 0.507 e. The number of nitrogens with zero attached hydrogens (tertiary/aromatic N) is 5. The van der Waals surface area contributed by atoms with Gasteiger partial charge < -0.3 is 14.7 Å². The molecule has 0 bridgehead atoms. The monoisotopic (exact) mass is 431 g/mol. The van der Waals surface area contributed by atoms with Crippen molar-refractivity contribution in [3.05, 3.63) is 72.3 Å². The summed E-state index contributed by atoms with van der Waals surface area (Å²) in [6, 6.07) is 19.5. The molecule has 0 radical (unpaired) electrons. The first-order valence-electron chi connectivity index (χ1n) is 10.2. The lowest BCUT2D eigenvalue weighted by Gasteiger charge is -2.20. The van der Waals surface area contributed by atoms with E-state index in [9.17, 15) is 9.90 Å². The van der Waals surface area contributed by atoms with Crippen molar-refractivity contribution >= 4 is 34.4 Å². The van der Waals surface area contributed by atoms with Gasteiger partial charge in [0.2, 0.25) is 0 Å². The van der Waals surface area contributed by atoms with E-state index in [1.165, 1.54) is 19.2 Å². The van der Waals surface area contributed by atoms with Gasteiger partial charge in [0.15, 0.2) is 0 Å². The number of esters is 1. The van der Waals surface area contributed by atoms with E-state index < -0.39 is 5.97 Å². The molecule has 0 unspecified atom stereocenters. The number of phenols is 1.